The van der Waals surface area contributed by atoms with Gasteiger partial charge in [-0.1, -0.05) is 43.7 Å². The molecule has 22 heavy (non-hydrogen) atoms. The number of nitrogens with one attached hydrogen (secondary N) is 2. The van der Waals surface area contributed by atoms with Crippen molar-refractivity contribution >= 4 is 11.9 Å². The first-order chi connectivity index (χ1) is 10.5. The molecule has 2 N–H and O–H groups in total. The summed E-state index contributed by atoms with van der Waals surface area (Å²) in [5.74, 6) is 0.891. The second kappa shape index (κ2) is 7.54. The number of aryl methyl sites for hydroxylation is 1. The molecule has 0 unspecified atom stereocenters. The molecule has 0 radical (unpaired) electrons. The highest BCUT2D eigenvalue weighted by Gasteiger charge is 2.07. The molecule has 0 saturated carbocycles. The summed E-state index contributed by atoms with van der Waals surface area (Å²) in [5.41, 5.74) is 2.71. The molecule has 0 aliphatic carbocycles. The van der Waals surface area contributed by atoms with Crippen LogP contribution < -0.4 is 10.6 Å². The van der Waals surface area contributed by atoms with E-state index in [0.29, 0.717) is 24.0 Å². The normalized spacial score (nSPS) is 10.5. The molecule has 0 atom stereocenters. The van der Waals surface area contributed by atoms with Gasteiger partial charge in [0.1, 0.15) is 0 Å². The third-order valence-electron chi connectivity index (χ3n) is 3.12. The van der Waals surface area contributed by atoms with Gasteiger partial charge in [0.2, 0.25) is 5.95 Å². The molecule has 2 aromatic rings. The Labute approximate surface area is 131 Å². The highest BCUT2D eigenvalue weighted by molar-refractivity contribution is 5.93. The number of hydrogen-bond acceptors (Lipinski definition) is 4. The summed E-state index contributed by atoms with van der Waals surface area (Å²) >= 11 is 0. The van der Waals surface area contributed by atoms with Crippen molar-refractivity contribution in [2.45, 2.75) is 27.3 Å². The SMILES string of the molecule is Cc1cccc(CNC(=O)c2cnc(NCC(C)C)nc2)c1. The lowest BCUT2D eigenvalue weighted by Crippen LogP contribution is -2.23. The van der Waals surface area contributed by atoms with Gasteiger partial charge in [-0.3, -0.25) is 4.79 Å². The quantitative estimate of drug-likeness (QED) is 0.860. The minimum Gasteiger partial charge on any atom is -0.354 e. The second-order valence-electron chi connectivity index (χ2n) is 5.74. The van der Waals surface area contributed by atoms with Crippen LogP contribution in [0.3, 0.4) is 0 Å². The van der Waals surface area contributed by atoms with Crippen molar-refractivity contribution in [3.05, 3.63) is 53.3 Å². The number of anilines is 1. The van der Waals surface area contributed by atoms with Crippen LogP contribution in [-0.2, 0) is 6.54 Å². The van der Waals surface area contributed by atoms with Crippen molar-refractivity contribution in [2.24, 2.45) is 5.92 Å². The Bertz CT molecular complexity index is 623. The van der Waals surface area contributed by atoms with Gasteiger partial charge in [0.05, 0.1) is 5.56 Å². The molecule has 0 aliphatic rings. The van der Waals surface area contributed by atoms with Gasteiger partial charge in [-0.15, -0.1) is 0 Å². The van der Waals surface area contributed by atoms with E-state index >= 15 is 0 Å². The Morgan fingerprint density at radius 3 is 2.59 bits per heavy atom. The van der Waals surface area contributed by atoms with E-state index in [2.05, 4.69) is 40.5 Å². The van der Waals surface area contributed by atoms with Gasteiger partial charge in [-0.25, -0.2) is 9.97 Å². The van der Waals surface area contributed by atoms with E-state index < -0.39 is 0 Å². The number of hydrogen-bond donors (Lipinski definition) is 2. The fraction of sp³-hybridized carbons (Fsp3) is 0.353. The molecule has 0 saturated heterocycles. The van der Waals surface area contributed by atoms with E-state index in [1.165, 1.54) is 5.56 Å². The van der Waals surface area contributed by atoms with Crippen LogP contribution in [0.25, 0.3) is 0 Å². The van der Waals surface area contributed by atoms with Crippen molar-refractivity contribution in [2.75, 3.05) is 11.9 Å². The van der Waals surface area contributed by atoms with Gasteiger partial charge in [0.25, 0.3) is 5.91 Å². The van der Waals surface area contributed by atoms with Crippen LogP contribution in [0.2, 0.25) is 0 Å². The van der Waals surface area contributed by atoms with Crippen LogP contribution in [0.4, 0.5) is 5.95 Å². The lowest BCUT2D eigenvalue weighted by Gasteiger charge is -2.08. The number of amides is 1. The van der Waals surface area contributed by atoms with Crippen molar-refractivity contribution in [1.29, 1.82) is 0 Å². The Hall–Kier alpha value is -2.43. The van der Waals surface area contributed by atoms with Gasteiger partial charge in [0.15, 0.2) is 0 Å². The summed E-state index contributed by atoms with van der Waals surface area (Å²) < 4.78 is 0. The third kappa shape index (κ3) is 4.84. The molecule has 1 amide bonds. The Morgan fingerprint density at radius 1 is 1.23 bits per heavy atom. The minimum absolute atomic E-state index is 0.170. The lowest BCUT2D eigenvalue weighted by molar-refractivity contribution is 0.0950. The monoisotopic (exact) mass is 298 g/mol. The minimum atomic E-state index is -0.170. The number of benzene rings is 1. The summed E-state index contributed by atoms with van der Waals surface area (Å²) in [4.78, 5) is 20.4. The zero-order valence-corrected chi connectivity index (χ0v) is 13.3. The van der Waals surface area contributed by atoms with Gasteiger partial charge in [-0.2, -0.15) is 0 Å². The predicted molar refractivity (Wildman–Crippen MR) is 87.7 cm³/mol. The first-order valence-electron chi connectivity index (χ1n) is 7.44. The Morgan fingerprint density at radius 2 is 1.95 bits per heavy atom. The number of carbonyl (C=O) groups excluding carboxylic acids is 1. The Balaban J connectivity index is 1.89. The number of carbonyl (C=O) groups is 1. The lowest BCUT2D eigenvalue weighted by atomic mass is 10.1. The topological polar surface area (TPSA) is 66.9 Å². The van der Waals surface area contributed by atoms with Crippen LogP contribution in [0.5, 0.6) is 0 Å². The molecule has 1 heterocycles. The maximum Gasteiger partial charge on any atom is 0.254 e. The molecule has 0 aliphatic heterocycles. The highest BCUT2D eigenvalue weighted by Crippen LogP contribution is 2.05. The summed E-state index contributed by atoms with van der Waals surface area (Å²) in [6.45, 7) is 7.55. The van der Waals surface area contributed by atoms with E-state index in [1.807, 2.05) is 25.1 Å². The number of aromatic nitrogens is 2. The number of nitrogens with zero attached hydrogens (tertiary/aromatic N) is 2. The largest absolute Gasteiger partial charge is 0.354 e. The van der Waals surface area contributed by atoms with Gasteiger partial charge < -0.3 is 10.6 Å². The zero-order valence-electron chi connectivity index (χ0n) is 13.3. The smallest absolute Gasteiger partial charge is 0.254 e. The fourth-order valence-corrected chi connectivity index (χ4v) is 1.94. The molecule has 0 spiro atoms. The summed E-state index contributed by atoms with van der Waals surface area (Å²) in [6.07, 6.45) is 3.09. The second-order valence-corrected chi connectivity index (χ2v) is 5.74. The van der Waals surface area contributed by atoms with E-state index in [1.54, 1.807) is 12.4 Å². The summed E-state index contributed by atoms with van der Waals surface area (Å²) in [5, 5.41) is 5.99. The van der Waals surface area contributed by atoms with Crippen LogP contribution in [-0.4, -0.2) is 22.4 Å². The number of rotatable bonds is 6. The van der Waals surface area contributed by atoms with Crippen molar-refractivity contribution < 1.29 is 4.79 Å². The van der Waals surface area contributed by atoms with Crippen molar-refractivity contribution in [1.82, 2.24) is 15.3 Å². The first-order valence-corrected chi connectivity index (χ1v) is 7.44. The van der Waals surface area contributed by atoms with Crippen LogP contribution in [0.15, 0.2) is 36.7 Å². The average molecular weight is 298 g/mol. The van der Waals surface area contributed by atoms with Gasteiger partial charge in [-0.05, 0) is 18.4 Å². The first kappa shape index (κ1) is 15.9. The van der Waals surface area contributed by atoms with Crippen LogP contribution in [0.1, 0.15) is 35.3 Å². The van der Waals surface area contributed by atoms with Crippen molar-refractivity contribution in [3.63, 3.8) is 0 Å². The van der Waals surface area contributed by atoms with E-state index in [0.717, 1.165) is 12.1 Å². The Kier molecular flexibility index (Phi) is 5.47. The average Bonchev–Trinajstić information content (AvgIpc) is 2.51. The summed E-state index contributed by atoms with van der Waals surface area (Å²) in [7, 11) is 0. The molecule has 116 valence electrons. The van der Waals surface area contributed by atoms with Gasteiger partial charge >= 0.3 is 0 Å². The molecular weight excluding hydrogens is 276 g/mol. The molecule has 5 heteroatoms. The van der Waals surface area contributed by atoms with Gasteiger partial charge in [0, 0.05) is 25.5 Å². The maximum absolute atomic E-state index is 12.1. The molecule has 2 rings (SSSR count). The van der Waals surface area contributed by atoms with E-state index in [9.17, 15) is 4.79 Å². The highest BCUT2D eigenvalue weighted by atomic mass is 16.1. The molecule has 1 aromatic carbocycles. The molecular formula is C17H22N4O. The van der Waals surface area contributed by atoms with Crippen LogP contribution in [0, 0.1) is 12.8 Å². The van der Waals surface area contributed by atoms with Crippen LogP contribution >= 0.6 is 0 Å². The fourth-order valence-electron chi connectivity index (χ4n) is 1.94. The predicted octanol–water partition coefficient (Wildman–Crippen LogP) is 2.78. The van der Waals surface area contributed by atoms with E-state index in [4.69, 9.17) is 0 Å². The third-order valence-corrected chi connectivity index (χ3v) is 3.12. The zero-order chi connectivity index (χ0) is 15.9. The maximum atomic E-state index is 12.1. The van der Waals surface area contributed by atoms with E-state index in [-0.39, 0.29) is 5.91 Å². The van der Waals surface area contributed by atoms with Crippen molar-refractivity contribution in [3.8, 4) is 0 Å². The molecule has 0 bridgehead atoms. The molecule has 0 fully saturated rings. The molecule has 1 aromatic heterocycles. The standard InChI is InChI=1S/C17H22N4O/c1-12(2)8-19-17-20-10-15(11-21-17)16(22)18-9-14-6-4-5-13(3)7-14/h4-7,10-12H,8-9H2,1-3H3,(H,18,22)(H,19,20,21). The summed E-state index contributed by atoms with van der Waals surface area (Å²) in [6, 6.07) is 8.05. The molecule has 5 nitrogen and oxygen atoms in total.